The fraction of sp³-hybridized carbons (Fsp3) is 1.00. The second kappa shape index (κ2) is 5.54. The van der Waals surface area contributed by atoms with E-state index in [1.165, 1.54) is 6.42 Å². The summed E-state index contributed by atoms with van der Waals surface area (Å²) in [6.45, 7) is 5.60. The van der Waals surface area contributed by atoms with E-state index in [9.17, 15) is 0 Å². The number of hydrogen-bond acceptors (Lipinski definition) is 4. The molecule has 13 heavy (non-hydrogen) atoms. The van der Waals surface area contributed by atoms with E-state index in [-0.39, 0.29) is 18.3 Å². The van der Waals surface area contributed by atoms with Crippen LogP contribution in [0.5, 0.6) is 0 Å². The van der Waals surface area contributed by atoms with Crippen molar-refractivity contribution in [2.45, 2.75) is 45.0 Å². The van der Waals surface area contributed by atoms with Crippen molar-refractivity contribution in [2.75, 3.05) is 13.2 Å². The van der Waals surface area contributed by atoms with Gasteiger partial charge >= 0.3 is 0 Å². The lowest BCUT2D eigenvalue weighted by Gasteiger charge is -2.11. The van der Waals surface area contributed by atoms with E-state index < -0.39 is 0 Å². The minimum absolute atomic E-state index is 0.0486. The highest BCUT2D eigenvalue weighted by molar-refractivity contribution is 4.89. The second-order valence-corrected chi connectivity index (χ2v) is 3.38. The van der Waals surface area contributed by atoms with Crippen molar-refractivity contribution >= 4 is 0 Å². The van der Waals surface area contributed by atoms with E-state index in [0.717, 1.165) is 13.0 Å². The highest BCUT2D eigenvalue weighted by Gasteiger charge is 2.42. The first-order valence-corrected chi connectivity index (χ1v) is 4.92. The van der Waals surface area contributed by atoms with Crippen LogP contribution in [-0.2, 0) is 14.3 Å². The SMILES string of the molecule is CCC.NOC1CO[C@@H]2CCO[C@H]12. The fourth-order valence-electron chi connectivity index (χ4n) is 1.55. The predicted octanol–water partition coefficient (Wildman–Crippen LogP) is 0.849. The summed E-state index contributed by atoms with van der Waals surface area (Å²) in [5, 5.41) is 0. The minimum Gasteiger partial charge on any atom is -0.373 e. The molecule has 0 bridgehead atoms. The molecule has 0 aromatic carbocycles. The molecule has 0 aliphatic carbocycles. The summed E-state index contributed by atoms with van der Waals surface area (Å²) < 4.78 is 10.7. The first-order valence-electron chi connectivity index (χ1n) is 4.92. The predicted molar refractivity (Wildman–Crippen MR) is 49.1 cm³/mol. The number of rotatable bonds is 1. The Bertz CT molecular complexity index is 143. The summed E-state index contributed by atoms with van der Waals surface area (Å²) in [4.78, 5) is 4.68. The molecular formula is C9H19NO3. The third-order valence-corrected chi connectivity index (χ3v) is 2.09. The maximum atomic E-state index is 5.35. The van der Waals surface area contributed by atoms with Gasteiger partial charge < -0.3 is 9.47 Å². The van der Waals surface area contributed by atoms with Crippen LogP contribution < -0.4 is 5.90 Å². The van der Waals surface area contributed by atoms with Crippen LogP contribution in [-0.4, -0.2) is 31.5 Å². The van der Waals surface area contributed by atoms with Gasteiger partial charge in [0.1, 0.15) is 12.2 Å². The summed E-state index contributed by atoms with van der Waals surface area (Å²) >= 11 is 0. The van der Waals surface area contributed by atoms with Gasteiger partial charge in [-0.3, -0.25) is 4.84 Å². The van der Waals surface area contributed by atoms with Crippen LogP contribution in [0.15, 0.2) is 0 Å². The van der Waals surface area contributed by atoms with E-state index in [1.54, 1.807) is 0 Å². The van der Waals surface area contributed by atoms with Gasteiger partial charge in [0.05, 0.1) is 12.7 Å². The van der Waals surface area contributed by atoms with E-state index >= 15 is 0 Å². The van der Waals surface area contributed by atoms with Crippen molar-refractivity contribution in [3.8, 4) is 0 Å². The number of nitrogens with two attached hydrogens (primary N) is 1. The maximum Gasteiger partial charge on any atom is 0.131 e. The van der Waals surface area contributed by atoms with Gasteiger partial charge in [0.15, 0.2) is 0 Å². The highest BCUT2D eigenvalue weighted by atomic mass is 16.7. The van der Waals surface area contributed by atoms with E-state index in [4.69, 9.17) is 15.4 Å². The van der Waals surface area contributed by atoms with E-state index in [1.807, 2.05) is 0 Å². The summed E-state index contributed by atoms with van der Waals surface area (Å²) in [5.41, 5.74) is 0. The topological polar surface area (TPSA) is 53.7 Å². The zero-order chi connectivity index (χ0) is 9.68. The normalized spacial score (nSPS) is 36.7. The third-order valence-electron chi connectivity index (χ3n) is 2.09. The molecule has 0 aromatic rings. The first kappa shape index (κ1) is 10.9. The molecule has 0 radical (unpaired) electrons. The van der Waals surface area contributed by atoms with Gasteiger partial charge in [0.25, 0.3) is 0 Å². The Morgan fingerprint density at radius 3 is 2.69 bits per heavy atom. The molecule has 2 aliphatic heterocycles. The van der Waals surface area contributed by atoms with Crippen LogP contribution in [0.4, 0.5) is 0 Å². The largest absolute Gasteiger partial charge is 0.373 e. The minimum atomic E-state index is -0.0486. The van der Waals surface area contributed by atoms with Gasteiger partial charge in [-0.25, -0.2) is 5.90 Å². The molecule has 1 unspecified atom stereocenters. The van der Waals surface area contributed by atoms with Crippen LogP contribution in [0.3, 0.4) is 0 Å². The van der Waals surface area contributed by atoms with Gasteiger partial charge in [0, 0.05) is 6.61 Å². The quantitative estimate of drug-likeness (QED) is 0.621. The van der Waals surface area contributed by atoms with Crippen molar-refractivity contribution in [1.29, 1.82) is 0 Å². The number of fused-ring (bicyclic) bond motifs is 1. The molecule has 2 rings (SSSR count). The monoisotopic (exact) mass is 189 g/mol. The maximum absolute atomic E-state index is 5.35. The Balaban J connectivity index is 0.000000251. The van der Waals surface area contributed by atoms with Gasteiger partial charge in [-0.05, 0) is 6.42 Å². The Kier molecular flexibility index (Phi) is 4.66. The Hall–Kier alpha value is -0.160. The molecule has 2 heterocycles. The van der Waals surface area contributed by atoms with Crippen molar-refractivity contribution < 1.29 is 14.3 Å². The molecule has 0 amide bonds. The van der Waals surface area contributed by atoms with Gasteiger partial charge in [-0.15, -0.1) is 0 Å². The van der Waals surface area contributed by atoms with Gasteiger partial charge in [-0.2, -0.15) is 0 Å². The molecule has 4 heteroatoms. The average molecular weight is 189 g/mol. The zero-order valence-electron chi connectivity index (χ0n) is 8.36. The van der Waals surface area contributed by atoms with Gasteiger partial charge in [-0.1, -0.05) is 20.3 Å². The summed E-state index contributed by atoms with van der Waals surface area (Å²) in [6.07, 6.45) is 2.50. The van der Waals surface area contributed by atoms with Crippen molar-refractivity contribution in [1.82, 2.24) is 0 Å². The Morgan fingerprint density at radius 2 is 2.08 bits per heavy atom. The molecule has 2 N–H and O–H groups in total. The number of hydrogen-bond donors (Lipinski definition) is 1. The molecule has 2 saturated heterocycles. The highest BCUT2D eigenvalue weighted by Crippen LogP contribution is 2.27. The van der Waals surface area contributed by atoms with Crippen molar-refractivity contribution in [3.05, 3.63) is 0 Å². The lowest BCUT2D eigenvalue weighted by atomic mass is 10.1. The van der Waals surface area contributed by atoms with E-state index in [2.05, 4.69) is 18.7 Å². The molecule has 0 spiro atoms. The van der Waals surface area contributed by atoms with Crippen LogP contribution >= 0.6 is 0 Å². The molecule has 78 valence electrons. The van der Waals surface area contributed by atoms with Crippen LogP contribution in [0.1, 0.15) is 26.7 Å². The standard InChI is InChI=1S/C6H11NO3.C3H8/c7-10-5-3-9-4-1-2-8-6(4)5;1-3-2/h4-6H,1-3,7H2;3H2,1-2H3/t4-,5?,6+;/m1./s1. The summed E-state index contributed by atoms with van der Waals surface area (Å²) in [6, 6.07) is 0. The summed E-state index contributed by atoms with van der Waals surface area (Å²) in [5.74, 6) is 5.03. The molecule has 2 fully saturated rings. The van der Waals surface area contributed by atoms with Gasteiger partial charge in [0.2, 0.25) is 0 Å². The molecule has 0 aromatic heterocycles. The Labute approximate surface area is 79.3 Å². The van der Waals surface area contributed by atoms with Crippen LogP contribution in [0.2, 0.25) is 0 Å². The number of ether oxygens (including phenoxy) is 2. The molecule has 2 aliphatic rings. The fourth-order valence-corrected chi connectivity index (χ4v) is 1.55. The third kappa shape index (κ3) is 2.64. The van der Waals surface area contributed by atoms with Crippen molar-refractivity contribution in [3.63, 3.8) is 0 Å². The average Bonchev–Trinajstić information content (AvgIpc) is 2.64. The zero-order valence-corrected chi connectivity index (χ0v) is 8.36. The van der Waals surface area contributed by atoms with Crippen LogP contribution in [0, 0.1) is 0 Å². The lowest BCUT2D eigenvalue weighted by molar-refractivity contribution is -0.0320. The smallest absolute Gasteiger partial charge is 0.131 e. The lowest BCUT2D eigenvalue weighted by Crippen LogP contribution is -2.32. The first-order chi connectivity index (χ1) is 6.33. The van der Waals surface area contributed by atoms with Crippen molar-refractivity contribution in [2.24, 2.45) is 5.90 Å². The molecule has 0 saturated carbocycles. The molecule has 4 nitrogen and oxygen atoms in total. The molecule has 3 atom stereocenters. The Morgan fingerprint density at radius 1 is 1.38 bits per heavy atom. The van der Waals surface area contributed by atoms with E-state index in [0.29, 0.717) is 6.61 Å². The summed E-state index contributed by atoms with van der Waals surface area (Å²) in [7, 11) is 0. The second-order valence-electron chi connectivity index (χ2n) is 3.38. The molecular weight excluding hydrogens is 170 g/mol. The van der Waals surface area contributed by atoms with Crippen LogP contribution in [0.25, 0.3) is 0 Å².